The Kier molecular flexibility index (Phi) is 5.61. The number of carbonyl (C=O) groups excluding carboxylic acids is 1. The zero-order valence-corrected chi connectivity index (χ0v) is 17.7. The fraction of sp³-hybridized carbons (Fsp3) is 0.609. The highest BCUT2D eigenvalue weighted by Gasteiger charge is 2.42. The molecule has 1 aromatic carbocycles. The molecule has 4 heterocycles. The Morgan fingerprint density at radius 3 is 2.86 bits per heavy atom. The van der Waals surface area contributed by atoms with Gasteiger partial charge >= 0.3 is 0 Å². The predicted octanol–water partition coefficient (Wildman–Crippen LogP) is 3.71. The van der Waals surface area contributed by atoms with E-state index in [0.717, 1.165) is 58.2 Å². The maximum Gasteiger partial charge on any atom is 0.249 e. The summed E-state index contributed by atoms with van der Waals surface area (Å²) in [6.45, 7) is 4.54. The standard InChI is InChI=1S/C23H30N2O3S/c26-22(20-5-3-13-27-20)24-15-18-7-8-23(28-18)9-11-25(12-10-23)16-19-14-17-4-1-2-6-21(17)29-19/h1-2,4,6,14,18,20H,3,5,7-13,15-16H2,(H,24,26)/t18-,20-/m0/s1. The van der Waals surface area contributed by atoms with Crippen LogP contribution in [0, 0.1) is 0 Å². The summed E-state index contributed by atoms with van der Waals surface area (Å²) in [5, 5.41) is 4.40. The van der Waals surface area contributed by atoms with Crippen LogP contribution in [0.15, 0.2) is 30.3 Å². The summed E-state index contributed by atoms with van der Waals surface area (Å²) in [5.41, 5.74) is 0.0237. The molecule has 3 fully saturated rings. The van der Waals surface area contributed by atoms with Crippen molar-refractivity contribution in [2.24, 2.45) is 0 Å². The van der Waals surface area contributed by atoms with Crippen molar-refractivity contribution < 1.29 is 14.3 Å². The molecule has 0 unspecified atom stereocenters. The smallest absolute Gasteiger partial charge is 0.249 e. The molecule has 1 N–H and O–H groups in total. The number of nitrogens with one attached hydrogen (secondary N) is 1. The fourth-order valence-corrected chi connectivity index (χ4v) is 6.08. The number of amides is 1. The zero-order chi connectivity index (χ0) is 19.7. The zero-order valence-electron chi connectivity index (χ0n) is 16.9. The molecule has 156 valence electrons. The number of rotatable bonds is 5. The summed E-state index contributed by atoms with van der Waals surface area (Å²) in [6, 6.07) is 11.0. The summed E-state index contributed by atoms with van der Waals surface area (Å²) in [6.07, 6.45) is 6.07. The SMILES string of the molecule is O=C(NC[C@@H]1CCC2(CCN(Cc3cc4ccccc4s3)CC2)O1)[C@@H]1CCCO1. The van der Waals surface area contributed by atoms with Crippen LogP contribution in [0.3, 0.4) is 0 Å². The van der Waals surface area contributed by atoms with Gasteiger partial charge in [0.15, 0.2) is 0 Å². The van der Waals surface area contributed by atoms with Gasteiger partial charge in [0, 0.05) is 42.4 Å². The average molecular weight is 415 g/mol. The normalized spacial score (nSPS) is 27.0. The maximum absolute atomic E-state index is 12.2. The number of thiophene rings is 1. The molecule has 5 nitrogen and oxygen atoms in total. The minimum absolute atomic E-state index is 0.0237. The lowest BCUT2D eigenvalue weighted by molar-refractivity contribution is -0.131. The first kappa shape index (κ1) is 19.5. The second-order valence-electron chi connectivity index (χ2n) is 8.74. The van der Waals surface area contributed by atoms with Crippen LogP contribution >= 0.6 is 11.3 Å². The topological polar surface area (TPSA) is 50.8 Å². The molecule has 29 heavy (non-hydrogen) atoms. The van der Waals surface area contributed by atoms with Gasteiger partial charge < -0.3 is 14.8 Å². The lowest BCUT2D eigenvalue weighted by Crippen LogP contribution is -2.45. The van der Waals surface area contributed by atoms with E-state index in [2.05, 4.69) is 40.5 Å². The van der Waals surface area contributed by atoms with Gasteiger partial charge in [0.25, 0.3) is 0 Å². The molecule has 3 aliphatic rings. The number of likely N-dealkylation sites (tertiary alicyclic amines) is 1. The Morgan fingerprint density at radius 2 is 2.07 bits per heavy atom. The van der Waals surface area contributed by atoms with E-state index in [9.17, 15) is 4.79 Å². The lowest BCUT2D eigenvalue weighted by atomic mass is 9.88. The number of carbonyl (C=O) groups is 1. The third kappa shape index (κ3) is 4.36. The molecule has 1 spiro atoms. The number of hydrogen-bond acceptors (Lipinski definition) is 5. The monoisotopic (exact) mass is 414 g/mol. The lowest BCUT2D eigenvalue weighted by Gasteiger charge is -2.39. The number of hydrogen-bond donors (Lipinski definition) is 1. The van der Waals surface area contributed by atoms with Gasteiger partial charge in [0.05, 0.1) is 11.7 Å². The van der Waals surface area contributed by atoms with Crippen molar-refractivity contribution in [1.82, 2.24) is 10.2 Å². The van der Waals surface area contributed by atoms with E-state index < -0.39 is 0 Å². The van der Waals surface area contributed by atoms with Crippen LogP contribution in [0.2, 0.25) is 0 Å². The molecule has 0 radical (unpaired) electrons. The van der Waals surface area contributed by atoms with Crippen LogP contribution in [0.1, 0.15) is 43.4 Å². The Bertz CT molecular complexity index is 820. The number of fused-ring (bicyclic) bond motifs is 1. The predicted molar refractivity (Wildman–Crippen MR) is 115 cm³/mol. The molecule has 2 aromatic rings. The van der Waals surface area contributed by atoms with E-state index in [1.54, 1.807) is 0 Å². The molecule has 1 amide bonds. The van der Waals surface area contributed by atoms with Gasteiger partial charge in [0.2, 0.25) is 5.91 Å². The largest absolute Gasteiger partial charge is 0.370 e. The number of nitrogens with zero attached hydrogens (tertiary/aromatic N) is 1. The van der Waals surface area contributed by atoms with Crippen molar-refractivity contribution in [1.29, 1.82) is 0 Å². The molecule has 1 aromatic heterocycles. The highest BCUT2D eigenvalue weighted by atomic mass is 32.1. The quantitative estimate of drug-likeness (QED) is 0.810. The minimum atomic E-state index is -0.248. The molecule has 3 saturated heterocycles. The van der Waals surface area contributed by atoms with E-state index >= 15 is 0 Å². The van der Waals surface area contributed by atoms with Crippen molar-refractivity contribution in [3.63, 3.8) is 0 Å². The van der Waals surface area contributed by atoms with Gasteiger partial charge in [0.1, 0.15) is 6.10 Å². The van der Waals surface area contributed by atoms with Crippen molar-refractivity contribution in [2.45, 2.75) is 62.9 Å². The minimum Gasteiger partial charge on any atom is -0.370 e. The second-order valence-corrected chi connectivity index (χ2v) is 9.90. The van der Waals surface area contributed by atoms with Gasteiger partial charge in [-0.3, -0.25) is 9.69 Å². The Labute approximate surface area is 176 Å². The third-order valence-corrected chi connectivity index (χ3v) is 7.79. The van der Waals surface area contributed by atoms with Gasteiger partial charge in [-0.25, -0.2) is 0 Å². The van der Waals surface area contributed by atoms with E-state index in [4.69, 9.17) is 9.47 Å². The molecular weight excluding hydrogens is 384 g/mol. The van der Waals surface area contributed by atoms with Crippen LogP contribution < -0.4 is 5.32 Å². The van der Waals surface area contributed by atoms with Gasteiger partial charge in [-0.05, 0) is 56.0 Å². The van der Waals surface area contributed by atoms with Crippen molar-refractivity contribution in [3.05, 3.63) is 35.2 Å². The van der Waals surface area contributed by atoms with E-state index in [0.29, 0.717) is 13.2 Å². The molecule has 6 heteroatoms. The third-order valence-electron chi connectivity index (χ3n) is 6.69. The van der Waals surface area contributed by atoms with Crippen LogP contribution in [-0.4, -0.2) is 54.9 Å². The van der Waals surface area contributed by atoms with Crippen LogP contribution in [-0.2, 0) is 20.8 Å². The number of ether oxygens (including phenoxy) is 2. The molecule has 3 aliphatic heterocycles. The maximum atomic E-state index is 12.2. The van der Waals surface area contributed by atoms with E-state index in [-0.39, 0.29) is 23.7 Å². The van der Waals surface area contributed by atoms with Crippen molar-refractivity contribution >= 4 is 27.3 Å². The van der Waals surface area contributed by atoms with Gasteiger partial charge in [-0.1, -0.05) is 18.2 Å². The molecular formula is C23H30N2O3S. The first-order chi connectivity index (χ1) is 14.2. The summed E-state index contributed by atoms with van der Waals surface area (Å²) in [7, 11) is 0. The van der Waals surface area contributed by atoms with E-state index in [1.165, 1.54) is 15.0 Å². The second kappa shape index (κ2) is 8.34. The molecule has 5 rings (SSSR count). The average Bonchev–Trinajstić information content (AvgIpc) is 3.48. The van der Waals surface area contributed by atoms with Crippen LogP contribution in [0.4, 0.5) is 0 Å². The Morgan fingerprint density at radius 1 is 1.21 bits per heavy atom. The van der Waals surface area contributed by atoms with E-state index in [1.807, 2.05) is 11.3 Å². The van der Waals surface area contributed by atoms with Gasteiger partial charge in [-0.2, -0.15) is 0 Å². The van der Waals surface area contributed by atoms with Gasteiger partial charge in [-0.15, -0.1) is 11.3 Å². The van der Waals surface area contributed by atoms with Crippen LogP contribution in [0.5, 0.6) is 0 Å². The molecule has 2 atom stereocenters. The number of benzene rings is 1. The summed E-state index contributed by atoms with van der Waals surface area (Å²) in [5.74, 6) is 0.0326. The summed E-state index contributed by atoms with van der Waals surface area (Å²) in [4.78, 5) is 16.2. The first-order valence-electron chi connectivity index (χ1n) is 11.0. The summed E-state index contributed by atoms with van der Waals surface area (Å²) >= 11 is 1.91. The Hall–Kier alpha value is -1.47. The number of piperidine rings is 1. The van der Waals surface area contributed by atoms with Crippen molar-refractivity contribution in [2.75, 3.05) is 26.2 Å². The highest BCUT2D eigenvalue weighted by Crippen LogP contribution is 2.39. The first-order valence-corrected chi connectivity index (χ1v) is 11.8. The summed E-state index contributed by atoms with van der Waals surface area (Å²) < 4.78 is 13.3. The Balaban J connectivity index is 1.09. The van der Waals surface area contributed by atoms with Crippen LogP contribution in [0.25, 0.3) is 10.1 Å². The molecule has 0 saturated carbocycles. The highest BCUT2D eigenvalue weighted by molar-refractivity contribution is 7.19. The fourth-order valence-electron chi connectivity index (χ4n) is 4.97. The molecule has 0 aliphatic carbocycles. The molecule has 0 bridgehead atoms. The van der Waals surface area contributed by atoms with Crippen molar-refractivity contribution in [3.8, 4) is 0 Å².